The molecule has 7 heteroatoms. The van der Waals surface area contributed by atoms with E-state index in [2.05, 4.69) is 9.71 Å². The van der Waals surface area contributed by atoms with Gasteiger partial charge in [-0.3, -0.25) is 0 Å². The predicted octanol–water partition coefficient (Wildman–Crippen LogP) is 0.218. The van der Waals surface area contributed by atoms with Gasteiger partial charge in [-0.05, 0) is 13.8 Å². The summed E-state index contributed by atoms with van der Waals surface area (Å²) in [4.78, 5) is 4.16. The minimum absolute atomic E-state index is 0.117. The zero-order valence-corrected chi connectivity index (χ0v) is 10.4. The van der Waals surface area contributed by atoms with Crippen molar-refractivity contribution >= 4 is 21.4 Å². The molecule has 0 bridgehead atoms. The van der Waals surface area contributed by atoms with E-state index in [1.807, 2.05) is 12.3 Å². The van der Waals surface area contributed by atoms with Crippen molar-refractivity contribution in [1.82, 2.24) is 9.71 Å². The minimum atomic E-state index is -3.31. The van der Waals surface area contributed by atoms with Gasteiger partial charge in [0.1, 0.15) is 5.01 Å². The monoisotopic (exact) mass is 249 g/mol. The second-order valence-electron chi connectivity index (χ2n) is 3.30. The van der Waals surface area contributed by atoms with Crippen LogP contribution in [0.3, 0.4) is 0 Å². The van der Waals surface area contributed by atoms with Crippen LogP contribution in [0.1, 0.15) is 17.6 Å². The number of aromatic nitrogens is 1. The van der Waals surface area contributed by atoms with Gasteiger partial charge in [0.15, 0.2) is 0 Å². The van der Waals surface area contributed by atoms with E-state index in [4.69, 9.17) is 5.73 Å². The SMILES string of the molecule is Cc1csc(CNS(=O)(=O)C(C)CN)n1. The maximum Gasteiger partial charge on any atom is 0.215 e. The smallest absolute Gasteiger partial charge is 0.215 e. The standard InChI is InChI=1S/C8H15N3O2S2/c1-6-5-14-8(11-6)4-10-15(12,13)7(2)3-9/h5,7,10H,3-4,9H2,1-2H3. The molecule has 1 heterocycles. The molecule has 1 rings (SSSR count). The Labute approximate surface area is 93.8 Å². The summed E-state index contributed by atoms with van der Waals surface area (Å²) in [6.07, 6.45) is 0. The molecule has 1 aromatic rings. The second kappa shape index (κ2) is 5.02. The Morgan fingerprint density at radius 1 is 1.67 bits per heavy atom. The van der Waals surface area contributed by atoms with Gasteiger partial charge in [-0.1, -0.05) is 0 Å². The molecular formula is C8H15N3O2S2. The number of hydrogen-bond acceptors (Lipinski definition) is 5. The molecule has 0 aliphatic rings. The molecule has 0 saturated heterocycles. The van der Waals surface area contributed by atoms with Crippen molar-refractivity contribution in [2.75, 3.05) is 6.54 Å². The summed E-state index contributed by atoms with van der Waals surface area (Å²) in [5.74, 6) is 0. The highest BCUT2D eigenvalue weighted by Crippen LogP contribution is 2.09. The fourth-order valence-corrected chi connectivity index (χ4v) is 2.59. The van der Waals surface area contributed by atoms with Crippen molar-refractivity contribution in [3.63, 3.8) is 0 Å². The van der Waals surface area contributed by atoms with E-state index in [0.29, 0.717) is 0 Å². The van der Waals surface area contributed by atoms with Crippen LogP contribution in [0.25, 0.3) is 0 Å². The van der Waals surface area contributed by atoms with E-state index in [1.54, 1.807) is 6.92 Å². The topological polar surface area (TPSA) is 85.1 Å². The van der Waals surface area contributed by atoms with Crippen LogP contribution in [0, 0.1) is 6.92 Å². The lowest BCUT2D eigenvalue weighted by atomic mass is 10.5. The lowest BCUT2D eigenvalue weighted by Crippen LogP contribution is -2.36. The number of aryl methyl sites for hydroxylation is 1. The third-order valence-corrected chi connectivity index (χ3v) is 4.72. The van der Waals surface area contributed by atoms with E-state index in [1.165, 1.54) is 11.3 Å². The number of nitrogens with one attached hydrogen (secondary N) is 1. The predicted molar refractivity (Wildman–Crippen MR) is 61.1 cm³/mol. The average Bonchev–Trinajstić information content (AvgIpc) is 2.60. The summed E-state index contributed by atoms with van der Waals surface area (Å²) < 4.78 is 25.5. The maximum absolute atomic E-state index is 11.5. The van der Waals surface area contributed by atoms with Crippen LogP contribution in [0.4, 0.5) is 0 Å². The van der Waals surface area contributed by atoms with E-state index >= 15 is 0 Å². The molecule has 0 aliphatic heterocycles. The van der Waals surface area contributed by atoms with Crippen molar-refractivity contribution in [3.05, 3.63) is 16.1 Å². The Hall–Kier alpha value is -0.500. The van der Waals surface area contributed by atoms with Crippen LogP contribution in [0.2, 0.25) is 0 Å². The summed E-state index contributed by atoms with van der Waals surface area (Å²) in [6, 6.07) is 0. The molecule has 5 nitrogen and oxygen atoms in total. The van der Waals surface area contributed by atoms with Crippen molar-refractivity contribution in [1.29, 1.82) is 0 Å². The second-order valence-corrected chi connectivity index (χ2v) is 6.42. The molecule has 1 atom stereocenters. The third kappa shape index (κ3) is 3.53. The van der Waals surface area contributed by atoms with E-state index < -0.39 is 15.3 Å². The largest absolute Gasteiger partial charge is 0.329 e. The zero-order chi connectivity index (χ0) is 11.5. The molecule has 15 heavy (non-hydrogen) atoms. The molecule has 1 unspecified atom stereocenters. The molecule has 86 valence electrons. The van der Waals surface area contributed by atoms with Gasteiger partial charge in [-0.2, -0.15) is 0 Å². The number of nitrogens with two attached hydrogens (primary N) is 1. The van der Waals surface area contributed by atoms with Gasteiger partial charge in [0.05, 0.1) is 11.8 Å². The number of thiazole rings is 1. The van der Waals surface area contributed by atoms with Gasteiger partial charge in [-0.15, -0.1) is 11.3 Å². The summed E-state index contributed by atoms with van der Waals surface area (Å²) in [5, 5.41) is 2.08. The molecule has 0 aromatic carbocycles. The molecular weight excluding hydrogens is 234 g/mol. The first-order valence-electron chi connectivity index (χ1n) is 4.55. The van der Waals surface area contributed by atoms with Crippen LogP contribution >= 0.6 is 11.3 Å². The van der Waals surface area contributed by atoms with Crippen LogP contribution in [0.5, 0.6) is 0 Å². The highest BCUT2D eigenvalue weighted by molar-refractivity contribution is 7.90. The number of rotatable bonds is 5. The Bertz CT molecular complexity index is 413. The quantitative estimate of drug-likeness (QED) is 0.781. The number of nitrogens with zero attached hydrogens (tertiary/aromatic N) is 1. The third-order valence-electron chi connectivity index (χ3n) is 1.95. The Balaban J connectivity index is 2.57. The first-order chi connectivity index (χ1) is 6.95. The molecule has 0 radical (unpaired) electrons. The van der Waals surface area contributed by atoms with Crippen molar-refractivity contribution in [2.45, 2.75) is 25.6 Å². The van der Waals surface area contributed by atoms with Gasteiger partial charge >= 0.3 is 0 Å². The van der Waals surface area contributed by atoms with Crippen molar-refractivity contribution < 1.29 is 8.42 Å². The first-order valence-corrected chi connectivity index (χ1v) is 6.98. The summed E-state index contributed by atoms with van der Waals surface area (Å²) in [6.45, 7) is 3.81. The van der Waals surface area contributed by atoms with E-state index in [-0.39, 0.29) is 13.1 Å². The minimum Gasteiger partial charge on any atom is -0.329 e. The summed E-state index contributed by atoms with van der Waals surface area (Å²) in [5.41, 5.74) is 6.20. The van der Waals surface area contributed by atoms with E-state index in [9.17, 15) is 8.42 Å². The highest BCUT2D eigenvalue weighted by atomic mass is 32.2. The van der Waals surface area contributed by atoms with Gasteiger partial charge in [0, 0.05) is 17.6 Å². The summed E-state index contributed by atoms with van der Waals surface area (Å²) in [7, 11) is -3.31. The van der Waals surface area contributed by atoms with Crippen molar-refractivity contribution in [2.24, 2.45) is 5.73 Å². The van der Waals surface area contributed by atoms with Gasteiger partial charge in [0.2, 0.25) is 10.0 Å². The molecule has 3 N–H and O–H groups in total. The molecule has 1 aromatic heterocycles. The normalized spacial score (nSPS) is 14.1. The fourth-order valence-electron chi connectivity index (χ4n) is 0.915. The average molecular weight is 249 g/mol. The summed E-state index contributed by atoms with van der Waals surface area (Å²) >= 11 is 1.44. The number of hydrogen-bond donors (Lipinski definition) is 2. The van der Waals surface area contributed by atoms with Gasteiger partial charge < -0.3 is 5.73 Å². The molecule has 0 fully saturated rings. The van der Waals surface area contributed by atoms with Crippen LogP contribution in [-0.4, -0.2) is 25.2 Å². The Morgan fingerprint density at radius 2 is 2.33 bits per heavy atom. The van der Waals surface area contributed by atoms with Crippen LogP contribution in [-0.2, 0) is 16.6 Å². The molecule has 0 saturated carbocycles. The van der Waals surface area contributed by atoms with Crippen LogP contribution in [0.15, 0.2) is 5.38 Å². The van der Waals surface area contributed by atoms with Gasteiger partial charge in [0.25, 0.3) is 0 Å². The van der Waals surface area contributed by atoms with Crippen LogP contribution < -0.4 is 10.5 Å². The number of sulfonamides is 1. The fraction of sp³-hybridized carbons (Fsp3) is 0.625. The lowest BCUT2D eigenvalue weighted by molar-refractivity contribution is 0.568. The Kier molecular flexibility index (Phi) is 4.21. The molecule has 0 spiro atoms. The zero-order valence-electron chi connectivity index (χ0n) is 8.73. The lowest BCUT2D eigenvalue weighted by Gasteiger charge is -2.10. The molecule has 0 aliphatic carbocycles. The maximum atomic E-state index is 11.5. The van der Waals surface area contributed by atoms with Crippen molar-refractivity contribution in [3.8, 4) is 0 Å². The Morgan fingerprint density at radius 3 is 2.80 bits per heavy atom. The highest BCUT2D eigenvalue weighted by Gasteiger charge is 2.18. The first kappa shape index (κ1) is 12.6. The van der Waals surface area contributed by atoms with Gasteiger partial charge in [-0.25, -0.2) is 18.1 Å². The molecule has 0 amide bonds. The van der Waals surface area contributed by atoms with E-state index in [0.717, 1.165) is 10.7 Å².